The van der Waals surface area contributed by atoms with Crippen LogP contribution in [0.15, 0.2) is 48.0 Å². The molecule has 3 rings (SSSR count). The number of aromatic nitrogens is 2. The SMILES string of the molecule is C=CC(=O)N1CC[C@H](N(CC)c2cc(-c3ccnc(NC)c3)c[nH]c2=O)C1. The maximum atomic E-state index is 12.5. The van der Waals surface area contributed by atoms with Crippen molar-refractivity contribution in [2.45, 2.75) is 19.4 Å². The van der Waals surface area contributed by atoms with Crippen LogP contribution in [0.25, 0.3) is 11.1 Å². The number of likely N-dealkylation sites (N-methyl/N-ethyl adjacent to an activating group) is 1. The molecular weight excluding hydrogens is 342 g/mol. The van der Waals surface area contributed by atoms with Crippen LogP contribution in [0, 0.1) is 0 Å². The second-order valence-electron chi connectivity index (χ2n) is 6.50. The van der Waals surface area contributed by atoms with Crippen LogP contribution in [0.4, 0.5) is 11.5 Å². The van der Waals surface area contributed by atoms with Crippen LogP contribution in [0.2, 0.25) is 0 Å². The standard InChI is InChI=1S/C20H25N5O2/c1-4-19(26)24-9-7-16(13-24)25(5-2)17-10-15(12-23-20(17)27)14-6-8-22-18(11-14)21-3/h4,6,8,10-12,16H,1,5,7,9,13H2,2-3H3,(H,21,22)(H,23,27)/t16-/m0/s1. The Morgan fingerprint density at radius 3 is 3.00 bits per heavy atom. The molecule has 0 aromatic carbocycles. The molecule has 1 aliphatic rings. The summed E-state index contributed by atoms with van der Waals surface area (Å²) in [5.41, 5.74) is 2.38. The van der Waals surface area contributed by atoms with Gasteiger partial charge >= 0.3 is 0 Å². The Hall–Kier alpha value is -3.09. The number of nitrogens with one attached hydrogen (secondary N) is 2. The van der Waals surface area contributed by atoms with Crippen molar-refractivity contribution in [1.82, 2.24) is 14.9 Å². The number of rotatable bonds is 6. The lowest BCUT2D eigenvalue weighted by Gasteiger charge is -2.29. The lowest BCUT2D eigenvalue weighted by molar-refractivity contribution is -0.125. The van der Waals surface area contributed by atoms with Crippen LogP contribution in [-0.4, -0.2) is 53.5 Å². The number of likely N-dealkylation sites (tertiary alicyclic amines) is 1. The Bertz CT molecular complexity index is 892. The molecule has 7 nitrogen and oxygen atoms in total. The van der Waals surface area contributed by atoms with E-state index in [-0.39, 0.29) is 17.5 Å². The fourth-order valence-corrected chi connectivity index (χ4v) is 3.55. The summed E-state index contributed by atoms with van der Waals surface area (Å²) in [6, 6.07) is 5.87. The van der Waals surface area contributed by atoms with E-state index in [1.54, 1.807) is 17.3 Å². The van der Waals surface area contributed by atoms with Gasteiger partial charge in [0.25, 0.3) is 5.56 Å². The van der Waals surface area contributed by atoms with Crippen LogP contribution in [0.5, 0.6) is 0 Å². The van der Waals surface area contributed by atoms with E-state index in [1.807, 2.05) is 32.2 Å². The lowest BCUT2D eigenvalue weighted by atomic mass is 10.1. The number of aromatic amines is 1. The second-order valence-corrected chi connectivity index (χ2v) is 6.50. The van der Waals surface area contributed by atoms with E-state index < -0.39 is 0 Å². The number of pyridine rings is 2. The zero-order valence-electron chi connectivity index (χ0n) is 15.7. The Balaban J connectivity index is 1.91. The van der Waals surface area contributed by atoms with Gasteiger partial charge in [-0.3, -0.25) is 9.59 Å². The molecule has 0 bridgehead atoms. The van der Waals surface area contributed by atoms with Gasteiger partial charge < -0.3 is 20.1 Å². The topological polar surface area (TPSA) is 81.3 Å². The molecular formula is C20H25N5O2. The Kier molecular flexibility index (Phi) is 5.59. The largest absolute Gasteiger partial charge is 0.373 e. The van der Waals surface area contributed by atoms with Crippen LogP contribution in [0.3, 0.4) is 0 Å². The van der Waals surface area contributed by atoms with Gasteiger partial charge in [-0.1, -0.05) is 6.58 Å². The van der Waals surface area contributed by atoms with E-state index in [0.29, 0.717) is 25.3 Å². The summed E-state index contributed by atoms with van der Waals surface area (Å²) >= 11 is 0. The third kappa shape index (κ3) is 3.86. The van der Waals surface area contributed by atoms with Crippen molar-refractivity contribution in [3.05, 3.63) is 53.6 Å². The van der Waals surface area contributed by atoms with Crippen molar-refractivity contribution in [2.24, 2.45) is 0 Å². The molecule has 1 fully saturated rings. The number of hydrogen-bond donors (Lipinski definition) is 2. The van der Waals surface area contributed by atoms with Gasteiger partial charge in [-0.25, -0.2) is 4.98 Å². The van der Waals surface area contributed by atoms with Crippen molar-refractivity contribution >= 4 is 17.4 Å². The summed E-state index contributed by atoms with van der Waals surface area (Å²) in [4.78, 5) is 35.4. The average Bonchev–Trinajstić information content (AvgIpc) is 3.19. The first-order chi connectivity index (χ1) is 13.1. The minimum absolute atomic E-state index is 0.0624. The number of amides is 1. The number of nitrogens with zero attached hydrogens (tertiary/aromatic N) is 3. The van der Waals surface area contributed by atoms with E-state index in [2.05, 4.69) is 26.8 Å². The molecule has 1 amide bonds. The molecule has 2 N–H and O–H groups in total. The molecule has 142 valence electrons. The molecule has 1 saturated heterocycles. The first kappa shape index (κ1) is 18.7. The average molecular weight is 367 g/mol. The van der Waals surface area contributed by atoms with E-state index in [4.69, 9.17) is 0 Å². The van der Waals surface area contributed by atoms with Crippen molar-refractivity contribution in [3.63, 3.8) is 0 Å². The van der Waals surface area contributed by atoms with Crippen molar-refractivity contribution in [2.75, 3.05) is 36.9 Å². The van der Waals surface area contributed by atoms with Gasteiger partial charge in [0.2, 0.25) is 5.91 Å². The van der Waals surface area contributed by atoms with Crippen molar-refractivity contribution < 1.29 is 4.79 Å². The van der Waals surface area contributed by atoms with Crippen LogP contribution in [0.1, 0.15) is 13.3 Å². The summed E-state index contributed by atoms with van der Waals surface area (Å²) in [6.07, 6.45) is 5.63. The van der Waals surface area contributed by atoms with Gasteiger partial charge in [0.1, 0.15) is 11.5 Å². The zero-order chi connectivity index (χ0) is 19.4. The number of carbonyl (C=O) groups excluding carboxylic acids is 1. The number of anilines is 2. The molecule has 0 aliphatic carbocycles. The summed E-state index contributed by atoms with van der Waals surface area (Å²) in [7, 11) is 1.82. The molecule has 3 heterocycles. The third-order valence-corrected chi connectivity index (χ3v) is 4.97. The van der Waals surface area contributed by atoms with Crippen LogP contribution in [-0.2, 0) is 4.79 Å². The molecule has 1 aliphatic heterocycles. The van der Waals surface area contributed by atoms with Crippen LogP contribution >= 0.6 is 0 Å². The van der Waals surface area contributed by atoms with Crippen molar-refractivity contribution in [3.8, 4) is 11.1 Å². The zero-order valence-corrected chi connectivity index (χ0v) is 15.7. The summed E-state index contributed by atoms with van der Waals surface area (Å²) in [6.45, 7) is 7.54. The fraction of sp³-hybridized carbons (Fsp3) is 0.350. The molecule has 7 heteroatoms. The molecule has 0 unspecified atom stereocenters. The fourth-order valence-electron chi connectivity index (χ4n) is 3.55. The quantitative estimate of drug-likeness (QED) is 0.764. The lowest BCUT2D eigenvalue weighted by Crippen LogP contribution is -2.41. The third-order valence-electron chi connectivity index (χ3n) is 4.97. The van der Waals surface area contributed by atoms with E-state index in [1.165, 1.54) is 6.08 Å². The van der Waals surface area contributed by atoms with E-state index >= 15 is 0 Å². The second kappa shape index (κ2) is 8.07. The van der Waals surface area contributed by atoms with E-state index in [0.717, 1.165) is 23.4 Å². The van der Waals surface area contributed by atoms with Gasteiger partial charge in [0.15, 0.2) is 0 Å². The number of hydrogen-bond acceptors (Lipinski definition) is 5. The predicted octanol–water partition coefficient (Wildman–Crippen LogP) is 2.09. The maximum Gasteiger partial charge on any atom is 0.271 e. The van der Waals surface area contributed by atoms with Gasteiger partial charge in [0.05, 0.1) is 0 Å². The van der Waals surface area contributed by atoms with E-state index in [9.17, 15) is 9.59 Å². The minimum Gasteiger partial charge on any atom is -0.373 e. The van der Waals surface area contributed by atoms with Gasteiger partial charge in [-0.2, -0.15) is 0 Å². The highest BCUT2D eigenvalue weighted by molar-refractivity contribution is 5.87. The maximum absolute atomic E-state index is 12.5. The Labute approximate surface area is 158 Å². The minimum atomic E-state index is -0.128. The molecule has 2 aromatic heterocycles. The molecule has 0 spiro atoms. The Morgan fingerprint density at radius 1 is 1.48 bits per heavy atom. The summed E-state index contributed by atoms with van der Waals surface area (Å²) in [5.74, 6) is 0.703. The van der Waals surface area contributed by atoms with Gasteiger partial charge in [-0.05, 0) is 43.2 Å². The smallest absolute Gasteiger partial charge is 0.271 e. The normalized spacial score (nSPS) is 16.2. The first-order valence-corrected chi connectivity index (χ1v) is 9.12. The first-order valence-electron chi connectivity index (χ1n) is 9.12. The van der Waals surface area contributed by atoms with Crippen LogP contribution < -0.4 is 15.8 Å². The van der Waals surface area contributed by atoms with Gasteiger partial charge in [0, 0.05) is 50.7 Å². The highest BCUT2D eigenvalue weighted by Gasteiger charge is 2.30. The Morgan fingerprint density at radius 2 is 2.30 bits per heavy atom. The monoisotopic (exact) mass is 367 g/mol. The summed E-state index contributed by atoms with van der Waals surface area (Å²) in [5, 5.41) is 3.02. The molecule has 1 atom stereocenters. The highest BCUT2D eigenvalue weighted by atomic mass is 16.2. The number of carbonyl (C=O) groups is 1. The number of H-pyrrole nitrogens is 1. The molecule has 2 aromatic rings. The highest BCUT2D eigenvalue weighted by Crippen LogP contribution is 2.26. The van der Waals surface area contributed by atoms with Gasteiger partial charge in [-0.15, -0.1) is 0 Å². The van der Waals surface area contributed by atoms with Crippen molar-refractivity contribution in [1.29, 1.82) is 0 Å². The molecule has 0 saturated carbocycles. The molecule has 0 radical (unpaired) electrons. The predicted molar refractivity (Wildman–Crippen MR) is 108 cm³/mol. The molecule has 27 heavy (non-hydrogen) atoms. The summed E-state index contributed by atoms with van der Waals surface area (Å²) < 4.78 is 0.